The fourth-order valence-electron chi connectivity index (χ4n) is 1.92. The molecule has 2 rings (SSSR count). The average Bonchev–Trinajstić information content (AvgIpc) is 2.57. The Bertz CT molecular complexity index is 773. The van der Waals surface area contributed by atoms with Crippen molar-refractivity contribution in [2.75, 3.05) is 6.61 Å². The van der Waals surface area contributed by atoms with Crippen LogP contribution in [0.3, 0.4) is 0 Å². The molecule has 1 heterocycles. The summed E-state index contributed by atoms with van der Waals surface area (Å²) in [7, 11) is 0. The first-order chi connectivity index (χ1) is 11.3. The van der Waals surface area contributed by atoms with E-state index in [1.807, 2.05) is 12.1 Å². The van der Waals surface area contributed by atoms with Gasteiger partial charge >= 0.3 is 5.97 Å². The predicted molar refractivity (Wildman–Crippen MR) is 94.4 cm³/mol. The zero-order valence-corrected chi connectivity index (χ0v) is 15.2. The highest BCUT2D eigenvalue weighted by Gasteiger charge is 2.19. The summed E-state index contributed by atoms with van der Waals surface area (Å²) in [5.74, 6) is -0.796. The summed E-state index contributed by atoms with van der Waals surface area (Å²) in [5, 5.41) is 0.0262. The van der Waals surface area contributed by atoms with Gasteiger partial charge in [-0.25, -0.2) is 9.78 Å². The van der Waals surface area contributed by atoms with Gasteiger partial charge in [-0.1, -0.05) is 72.9 Å². The number of hydrogen-bond donors (Lipinski definition) is 0. The van der Waals surface area contributed by atoms with E-state index >= 15 is 0 Å². The molecule has 0 aliphatic carbocycles. The lowest BCUT2D eigenvalue weighted by atomic mass is 10.0. The lowest BCUT2D eigenvalue weighted by molar-refractivity contribution is 0.0469. The second-order valence-corrected chi connectivity index (χ2v) is 6.52. The van der Waals surface area contributed by atoms with Gasteiger partial charge in [-0.05, 0) is 11.5 Å². The van der Waals surface area contributed by atoms with Gasteiger partial charge in [-0.2, -0.15) is 0 Å². The molecule has 0 radical (unpaired) electrons. The number of rotatable bonds is 5. The largest absolute Gasteiger partial charge is 0.453 e. The Morgan fingerprint density at radius 2 is 1.71 bits per heavy atom. The van der Waals surface area contributed by atoms with Crippen molar-refractivity contribution in [2.45, 2.75) is 19.8 Å². The van der Waals surface area contributed by atoms with E-state index in [9.17, 15) is 9.59 Å². The molecule has 0 spiro atoms. The molecule has 1 aromatic carbocycles. The molecule has 4 nitrogen and oxygen atoms in total. The molecule has 0 fully saturated rings. The quantitative estimate of drug-likeness (QED) is 0.523. The molecule has 7 heteroatoms. The van der Waals surface area contributed by atoms with Crippen LogP contribution in [0.4, 0.5) is 0 Å². The molecule has 0 aliphatic heterocycles. The van der Waals surface area contributed by atoms with Crippen LogP contribution in [0.2, 0.25) is 15.1 Å². The van der Waals surface area contributed by atoms with Crippen LogP contribution in [0.5, 0.6) is 0 Å². The number of esters is 1. The molecule has 0 N–H and O–H groups in total. The third kappa shape index (κ3) is 4.26. The summed E-state index contributed by atoms with van der Waals surface area (Å²) in [6.07, 6.45) is 1.19. The van der Waals surface area contributed by atoms with Crippen molar-refractivity contribution in [3.8, 4) is 0 Å². The second-order valence-electron chi connectivity index (χ2n) is 5.36. The molecule has 2 aromatic rings. The van der Waals surface area contributed by atoms with Crippen molar-refractivity contribution in [2.24, 2.45) is 0 Å². The number of halogens is 3. The number of aromatic nitrogens is 1. The Morgan fingerprint density at radius 1 is 1.08 bits per heavy atom. The summed E-state index contributed by atoms with van der Waals surface area (Å²) in [5.41, 5.74) is 1.39. The van der Waals surface area contributed by atoms with Gasteiger partial charge in [-0.3, -0.25) is 4.79 Å². The van der Waals surface area contributed by atoms with Crippen molar-refractivity contribution < 1.29 is 14.3 Å². The van der Waals surface area contributed by atoms with Gasteiger partial charge in [0.15, 0.2) is 18.1 Å². The van der Waals surface area contributed by atoms with Crippen LogP contribution in [0, 0.1) is 0 Å². The number of pyridine rings is 1. The Morgan fingerprint density at radius 3 is 2.29 bits per heavy atom. The number of ketones is 1. The summed E-state index contributed by atoms with van der Waals surface area (Å²) in [6, 6.07) is 7.15. The average molecular weight is 387 g/mol. The minimum Gasteiger partial charge on any atom is -0.453 e. The normalized spacial score (nSPS) is 10.8. The predicted octanol–water partition coefficient (Wildman–Crippen LogP) is 5.20. The van der Waals surface area contributed by atoms with Crippen LogP contribution >= 0.6 is 34.8 Å². The fourth-order valence-corrected chi connectivity index (χ4v) is 2.48. The minimum atomic E-state index is -0.842. The van der Waals surface area contributed by atoms with Gasteiger partial charge in [0.05, 0.1) is 15.1 Å². The van der Waals surface area contributed by atoms with Crippen molar-refractivity contribution in [1.82, 2.24) is 4.98 Å². The second kappa shape index (κ2) is 7.97. The summed E-state index contributed by atoms with van der Waals surface area (Å²) in [4.78, 5) is 27.9. The smallest absolute Gasteiger partial charge is 0.358 e. The third-order valence-electron chi connectivity index (χ3n) is 3.34. The number of nitrogens with zero attached hydrogens (tertiary/aromatic N) is 1. The van der Waals surface area contributed by atoms with Crippen LogP contribution in [0.1, 0.15) is 46.2 Å². The highest BCUT2D eigenvalue weighted by Crippen LogP contribution is 2.31. The molecular formula is C17H14Cl3NO3. The van der Waals surface area contributed by atoms with Crippen molar-refractivity contribution in [1.29, 1.82) is 0 Å². The first-order valence-electron chi connectivity index (χ1n) is 7.11. The maximum absolute atomic E-state index is 12.1. The molecule has 0 aliphatic rings. The van der Waals surface area contributed by atoms with Gasteiger partial charge in [0.2, 0.25) is 0 Å². The number of carbonyl (C=O) groups is 2. The molecule has 24 heavy (non-hydrogen) atoms. The number of carbonyl (C=O) groups excluding carboxylic acids is 2. The van der Waals surface area contributed by atoms with E-state index in [0.717, 1.165) is 5.56 Å². The molecule has 1 aromatic heterocycles. The fraction of sp³-hybridized carbons (Fsp3) is 0.235. The van der Waals surface area contributed by atoms with Crippen molar-refractivity contribution in [3.63, 3.8) is 0 Å². The van der Waals surface area contributed by atoms with E-state index in [1.54, 1.807) is 12.1 Å². The van der Waals surface area contributed by atoms with Crippen molar-refractivity contribution >= 4 is 46.6 Å². The van der Waals surface area contributed by atoms with E-state index < -0.39 is 12.6 Å². The first kappa shape index (κ1) is 18.7. The molecule has 0 bridgehead atoms. The Balaban J connectivity index is 2.03. The van der Waals surface area contributed by atoms with Gasteiger partial charge in [0.1, 0.15) is 0 Å². The Hall–Kier alpha value is -1.62. The zero-order valence-electron chi connectivity index (χ0n) is 13.0. The lowest BCUT2D eigenvalue weighted by Gasteiger charge is -2.08. The SMILES string of the molecule is CC(C)c1ccc(C(=O)COC(=O)c2ncc(Cl)c(Cl)c2Cl)cc1. The zero-order chi connectivity index (χ0) is 17.9. The maximum Gasteiger partial charge on any atom is 0.358 e. The van der Waals surface area contributed by atoms with E-state index in [-0.39, 0.29) is 26.5 Å². The molecule has 0 saturated carbocycles. The van der Waals surface area contributed by atoms with Crippen LogP contribution in [-0.4, -0.2) is 23.3 Å². The first-order valence-corrected chi connectivity index (χ1v) is 8.24. The molecule has 0 atom stereocenters. The van der Waals surface area contributed by atoms with Gasteiger partial charge < -0.3 is 4.74 Å². The van der Waals surface area contributed by atoms with Gasteiger partial charge in [0.25, 0.3) is 0 Å². The van der Waals surface area contributed by atoms with Crippen LogP contribution in [0.25, 0.3) is 0 Å². The van der Waals surface area contributed by atoms with Crippen LogP contribution < -0.4 is 0 Å². The highest BCUT2D eigenvalue weighted by molar-refractivity contribution is 6.48. The van der Waals surface area contributed by atoms with Crippen molar-refractivity contribution in [3.05, 3.63) is 62.4 Å². The Labute approximate surface area is 154 Å². The number of hydrogen-bond acceptors (Lipinski definition) is 4. The van der Waals surface area contributed by atoms with Crippen LogP contribution in [-0.2, 0) is 4.74 Å². The highest BCUT2D eigenvalue weighted by atomic mass is 35.5. The topological polar surface area (TPSA) is 56.3 Å². The number of Topliss-reactive ketones (excluding diaryl/α,β-unsaturated/α-hetero) is 1. The molecule has 0 saturated heterocycles. The summed E-state index contributed by atoms with van der Waals surface area (Å²) in [6.45, 7) is 3.71. The van der Waals surface area contributed by atoms with E-state index in [2.05, 4.69) is 18.8 Å². The van der Waals surface area contributed by atoms with Crippen LogP contribution in [0.15, 0.2) is 30.5 Å². The van der Waals surface area contributed by atoms with E-state index in [0.29, 0.717) is 11.5 Å². The van der Waals surface area contributed by atoms with E-state index in [1.165, 1.54) is 6.20 Å². The van der Waals surface area contributed by atoms with Gasteiger partial charge in [-0.15, -0.1) is 0 Å². The molecule has 0 unspecified atom stereocenters. The number of benzene rings is 1. The molecule has 126 valence electrons. The maximum atomic E-state index is 12.1. The third-order valence-corrected chi connectivity index (χ3v) is 4.58. The molecule has 0 amide bonds. The van der Waals surface area contributed by atoms with Gasteiger partial charge in [0, 0.05) is 11.8 Å². The summed E-state index contributed by atoms with van der Waals surface area (Å²) < 4.78 is 4.96. The lowest BCUT2D eigenvalue weighted by Crippen LogP contribution is -2.15. The summed E-state index contributed by atoms with van der Waals surface area (Å²) >= 11 is 17.5. The van der Waals surface area contributed by atoms with E-state index in [4.69, 9.17) is 39.5 Å². The monoisotopic (exact) mass is 385 g/mol. The standard InChI is InChI=1S/C17H14Cl3NO3/c1-9(2)10-3-5-11(6-4-10)13(22)8-24-17(23)16-15(20)14(19)12(18)7-21-16/h3-7,9H,8H2,1-2H3. The molecular weight excluding hydrogens is 373 g/mol. The number of ether oxygens (including phenoxy) is 1. The Kier molecular flexibility index (Phi) is 6.21. The minimum absolute atomic E-state index is 0.0101.